The molecule has 0 spiro atoms. The smallest absolute Gasteiger partial charge is 0.243 e. The van der Waals surface area contributed by atoms with E-state index in [1.165, 1.54) is 30.5 Å². The van der Waals surface area contributed by atoms with Crippen LogP contribution in [-0.2, 0) is 21.4 Å². The maximum Gasteiger partial charge on any atom is 0.243 e. The molecule has 0 bridgehead atoms. The van der Waals surface area contributed by atoms with Gasteiger partial charge in [0.2, 0.25) is 15.9 Å². The first-order chi connectivity index (χ1) is 14.2. The van der Waals surface area contributed by atoms with Crippen LogP contribution < -0.4 is 10.1 Å². The van der Waals surface area contributed by atoms with E-state index in [0.717, 1.165) is 5.56 Å². The average Bonchev–Trinajstić information content (AvgIpc) is 2.69. The zero-order chi connectivity index (χ0) is 21.9. The second-order valence-corrected chi connectivity index (χ2v) is 9.22. The number of rotatable bonds is 6. The number of hydrogen-bond acceptors (Lipinski definition) is 5. The minimum absolute atomic E-state index is 0.194. The van der Waals surface area contributed by atoms with Crippen molar-refractivity contribution in [1.82, 2.24) is 9.21 Å². The zero-order valence-corrected chi connectivity index (χ0v) is 18.1. The van der Waals surface area contributed by atoms with Gasteiger partial charge in [0.15, 0.2) is 11.6 Å². The lowest BCUT2D eigenvalue weighted by atomic mass is 10.2. The van der Waals surface area contributed by atoms with Crippen molar-refractivity contribution in [3.8, 4) is 5.75 Å². The fraction of sp³-hybridized carbons (Fsp3) is 0.381. The summed E-state index contributed by atoms with van der Waals surface area (Å²) < 4.78 is 46.6. The van der Waals surface area contributed by atoms with Gasteiger partial charge in [-0.1, -0.05) is 12.1 Å². The molecule has 0 saturated carbocycles. The summed E-state index contributed by atoms with van der Waals surface area (Å²) in [5.41, 5.74) is 1.88. The highest BCUT2D eigenvalue weighted by Gasteiger charge is 2.30. The lowest BCUT2D eigenvalue weighted by molar-refractivity contribution is -0.114. The molecule has 1 N–H and O–H groups in total. The predicted molar refractivity (Wildman–Crippen MR) is 112 cm³/mol. The van der Waals surface area contributed by atoms with E-state index in [0.29, 0.717) is 44.0 Å². The first kappa shape index (κ1) is 22.2. The van der Waals surface area contributed by atoms with Crippen molar-refractivity contribution in [1.29, 1.82) is 0 Å². The first-order valence-corrected chi connectivity index (χ1v) is 11.1. The Kier molecular flexibility index (Phi) is 6.74. The average molecular weight is 436 g/mol. The Morgan fingerprint density at radius 3 is 2.43 bits per heavy atom. The van der Waals surface area contributed by atoms with E-state index in [9.17, 15) is 17.6 Å². The minimum Gasteiger partial charge on any atom is -0.494 e. The van der Waals surface area contributed by atoms with Crippen LogP contribution in [0, 0.1) is 12.7 Å². The summed E-state index contributed by atoms with van der Waals surface area (Å²) in [5.74, 6) is -0.469. The topological polar surface area (TPSA) is 79.0 Å². The minimum atomic E-state index is -3.68. The number of amides is 1. The summed E-state index contributed by atoms with van der Waals surface area (Å²) in [6.45, 7) is 5.40. The number of nitrogens with zero attached hydrogens (tertiary/aromatic N) is 2. The second-order valence-electron chi connectivity index (χ2n) is 7.31. The van der Waals surface area contributed by atoms with Crippen LogP contribution in [0.2, 0.25) is 0 Å². The van der Waals surface area contributed by atoms with Crippen LogP contribution in [0.15, 0.2) is 41.3 Å². The molecule has 0 aliphatic carbocycles. The number of carbonyl (C=O) groups is 1. The van der Waals surface area contributed by atoms with Gasteiger partial charge in [0.25, 0.3) is 0 Å². The molecule has 2 aromatic rings. The monoisotopic (exact) mass is 435 g/mol. The molecule has 162 valence electrons. The molecular formula is C21H26FN3O4S. The molecule has 0 atom stereocenters. The molecule has 3 rings (SSSR count). The van der Waals surface area contributed by atoms with Crippen molar-refractivity contribution in [2.45, 2.75) is 25.3 Å². The van der Waals surface area contributed by atoms with Gasteiger partial charge in [0, 0.05) is 45.3 Å². The Morgan fingerprint density at radius 1 is 1.13 bits per heavy atom. The molecule has 30 heavy (non-hydrogen) atoms. The summed E-state index contributed by atoms with van der Waals surface area (Å²) in [7, 11) is -2.26. The van der Waals surface area contributed by atoms with Gasteiger partial charge in [0.1, 0.15) is 0 Å². The Balaban J connectivity index is 1.68. The first-order valence-electron chi connectivity index (χ1n) is 9.64. The molecule has 0 aromatic heterocycles. The SMILES string of the molecule is COc1ccc(CN2CCN(S(=O)(=O)c3cc(NC(C)=O)ccc3C)CC2)cc1F. The van der Waals surface area contributed by atoms with E-state index in [-0.39, 0.29) is 16.6 Å². The molecule has 7 nitrogen and oxygen atoms in total. The van der Waals surface area contributed by atoms with Gasteiger partial charge in [-0.25, -0.2) is 12.8 Å². The summed E-state index contributed by atoms with van der Waals surface area (Å²) in [5, 5.41) is 2.62. The van der Waals surface area contributed by atoms with Crippen molar-refractivity contribution in [2.24, 2.45) is 0 Å². The fourth-order valence-electron chi connectivity index (χ4n) is 3.49. The van der Waals surface area contributed by atoms with Crippen molar-refractivity contribution in [2.75, 3.05) is 38.6 Å². The van der Waals surface area contributed by atoms with Gasteiger partial charge in [-0.05, 0) is 42.3 Å². The quantitative estimate of drug-likeness (QED) is 0.755. The van der Waals surface area contributed by atoms with Crippen molar-refractivity contribution in [3.05, 3.63) is 53.3 Å². The number of benzene rings is 2. The van der Waals surface area contributed by atoms with E-state index in [1.807, 2.05) is 6.07 Å². The predicted octanol–water partition coefficient (Wildman–Crippen LogP) is 2.61. The number of piperazine rings is 1. The third-order valence-corrected chi connectivity index (χ3v) is 7.12. The molecule has 0 unspecified atom stereocenters. The molecule has 1 amide bonds. The van der Waals surface area contributed by atoms with Crippen molar-refractivity contribution in [3.63, 3.8) is 0 Å². The molecule has 1 saturated heterocycles. The van der Waals surface area contributed by atoms with Crippen molar-refractivity contribution >= 4 is 21.6 Å². The summed E-state index contributed by atoms with van der Waals surface area (Å²) in [6.07, 6.45) is 0. The van der Waals surface area contributed by atoms with E-state index >= 15 is 0 Å². The highest BCUT2D eigenvalue weighted by molar-refractivity contribution is 7.89. The Bertz CT molecular complexity index is 1030. The number of sulfonamides is 1. The van der Waals surface area contributed by atoms with Crippen LogP contribution in [0.3, 0.4) is 0 Å². The number of carbonyl (C=O) groups excluding carboxylic acids is 1. The van der Waals surface area contributed by atoms with Crippen LogP contribution in [0.4, 0.5) is 10.1 Å². The number of anilines is 1. The molecule has 1 aliphatic heterocycles. The second kappa shape index (κ2) is 9.11. The third-order valence-electron chi connectivity index (χ3n) is 5.08. The maximum atomic E-state index is 13.9. The Hall–Kier alpha value is -2.49. The van der Waals surface area contributed by atoms with E-state index in [4.69, 9.17) is 4.74 Å². The zero-order valence-electron chi connectivity index (χ0n) is 17.3. The largest absolute Gasteiger partial charge is 0.494 e. The van der Waals surface area contributed by atoms with Gasteiger partial charge in [-0.15, -0.1) is 0 Å². The highest BCUT2D eigenvalue weighted by Crippen LogP contribution is 2.25. The molecule has 1 heterocycles. The standard InChI is InChI=1S/C21H26FN3O4S/c1-15-4-6-18(23-16(2)26)13-21(15)30(27,28)25-10-8-24(9-11-25)14-17-5-7-20(29-3)19(22)12-17/h4-7,12-13H,8-11,14H2,1-3H3,(H,23,26). The van der Waals surface area contributed by atoms with Crippen LogP contribution in [0.5, 0.6) is 5.75 Å². The number of halogens is 1. The molecule has 1 aliphatic rings. The number of nitrogens with one attached hydrogen (secondary N) is 1. The van der Waals surface area contributed by atoms with Crippen LogP contribution in [0.1, 0.15) is 18.1 Å². The molecule has 2 aromatic carbocycles. The normalized spacial score (nSPS) is 15.7. The number of methoxy groups -OCH3 is 1. The summed E-state index contributed by atoms with van der Waals surface area (Å²) in [4.78, 5) is 13.6. The number of ether oxygens (including phenoxy) is 1. The Labute approximate surface area is 176 Å². The lowest BCUT2D eigenvalue weighted by Gasteiger charge is -2.34. The molecular weight excluding hydrogens is 409 g/mol. The van der Waals surface area contributed by atoms with E-state index in [2.05, 4.69) is 10.2 Å². The number of hydrogen-bond donors (Lipinski definition) is 1. The third kappa shape index (κ3) is 4.97. The number of aryl methyl sites for hydroxylation is 1. The summed E-state index contributed by atoms with van der Waals surface area (Å²) >= 11 is 0. The van der Waals surface area contributed by atoms with Crippen LogP contribution >= 0.6 is 0 Å². The highest BCUT2D eigenvalue weighted by atomic mass is 32.2. The lowest BCUT2D eigenvalue weighted by Crippen LogP contribution is -2.48. The fourth-order valence-corrected chi connectivity index (χ4v) is 5.17. The maximum absolute atomic E-state index is 13.9. The van der Waals surface area contributed by atoms with Crippen LogP contribution in [-0.4, -0.2) is 56.8 Å². The van der Waals surface area contributed by atoms with Gasteiger partial charge in [0.05, 0.1) is 12.0 Å². The summed E-state index contributed by atoms with van der Waals surface area (Å²) in [6, 6.07) is 9.71. The van der Waals surface area contributed by atoms with E-state index in [1.54, 1.807) is 25.1 Å². The van der Waals surface area contributed by atoms with Gasteiger partial charge >= 0.3 is 0 Å². The van der Waals surface area contributed by atoms with Gasteiger partial charge < -0.3 is 10.1 Å². The van der Waals surface area contributed by atoms with Gasteiger partial charge in [-0.2, -0.15) is 4.31 Å². The van der Waals surface area contributed by atoms with Crippen LogP contribution in [0.25, 0.3) is 0 Å². The van der Waals surface area contributed by atoms with E-state index < -0.39 is 15.8 Å². The van der Waals surface area contributed by atoms with Crippen molar-refractivity contribution < 1.29 is 22.3 Å². The van der Waals surface area contributed by atoms with Gasteiger partial charge in [-0.3, -0.25) is 9.69 Å². The molecule has 0 radical (unpaired) electrons. The molecule has 1 fully saturated rings. The molecule has 9 heteroatoms. The Morgan fingerprint density at radius 2 is 1.83 bits per heavy atom.